The van der Waals surface area contributed by atoms with Crippen LogP contribution in [0.4, 0.5) is 5.69 Å². The summed E-state index contributed by atoms with van der Waals surface area (Å²) in [6, 6.07) is 22.9. The van der Waals surface area contributed by atoms with Crippen molar-refractivity contribution >= 4 is 34.6 Å². The summed E-state index contributed by atoms with van der Waals surface area (Å²) in [5, 5.41) is 16.3. The average Bonchev–Trinajstić information content (AvgIpc) is 2.89. The molecular weight excluding hydrogens is 450 g/mol. The van der Waals surface area contributed by atoms with Crippen molar-refractivity contribution in [1.82, 2.24) is 5.43 Å². The van der Waals surface area contributed by atoms with Crippen molar-refractivity contribution < 1.29 is 24.0 Å². The lowest BCUT2D eigenvalue weighted by atomic mass is 10.0. The minimum absolute atomic E-state index is 0.113. The van der Waals surface area contributed by atoms with Gasteiger partial charge in [-0.2, -0.15) is 5.10 Å². The summed E-state index contributed by atoms with van der Waals surface area (Å²) in [6.07, 6.45) is 1.39. The van der Waals surface area contributed by atoms with Crippen molar-refractivity contribution in [3.63, 3.8) is 0 Å². The first-order valence-electron chi connectivity index (χ1n) is 10.4. The van der Waals surface area contributed by atoms with E-state index in [2.05, 4.69) is 10.5 Å². The molecule has 0 aliphatic carbocycles. The summed E-state index contributed by atoms with van der Waals surface area (Å²) < 4.78 is 10.9. The number of hydrogen-bond donors (Lipinski definition) is 1. The van der Waals surface area contributed by atoms with Crippen LogP contribution in [0, 0.1) is 10.1 Å². The van der Waals surface area contributed by atoms with Gasteiger partial charge in [-0.15, -0.1) is 0 Å². The molecular formula is C26H19N3O6. The second-order valence-electron chi connectivity index (χ2n) is 7.33. The molecule has 0 radical (unpaired) electrons. The molecule has 1 amide bonds. The van der Waals surface area contributed by atoms with E-state index < -0.39 is 16.8 Å². The molecule has 0 atom stereocenters. The molecule has 0 aliphatic rings. The highest BCUT2D eigenvalue weighted by atomic mass is 16.6. The third kappa shape index (κ3) is 5.31. The van der Waals surface area contributed by atoms with Gasteiger partial charge in [-0.05, 0) is 52.7 Å². The van der Waals surface area contributed by atoms with Gasteiger partial charge >= 0.3 is 5.97 Å². The van der Waals surface area contributed by atoms with Gasteiger partial charge in [0.1, 0.15) is 0 Å². The number of methoxy groups -OCH3 is 1. The van der Waals surface area contributed by atoms with Gasteiger partial charge in [0, 0.05) is 17.7 Å². The van der Waals surface area contributed by atoms with Crippen molar-refractivity contribution in [3.8, 4) is 11.5 Å². The van der Waals surface area contributed by atoms with Crippen LogP contribution in [0.5, 0.6) is 11.5 Å². The van der Waals surface area contributed by atoms with Crippen LogP contribution < -0.4 is 14.9 Å². The van der Waals surface area contributed by atoms with Gasteiger partial charge in [0.25, 0.3) is 11.6 Å². The monoisotopic (exact) mass is 469 g/mol. The Labute approximate surface area is 199 Å². The fourth-order valence-corrected chi connectivity index (χ4v) is 3.37. The number of hydrazone groups is 1. The SMILES string of the molecule is COc1cc(/C=N\NC(=O)c2ccc([N+](=O)[O-])cc2)ccc1OC(=O)c1cccc2ccccc12. The maximum atomic E-state index is 12.8. The van der Waals surface area contributed by atoms with Gasteiger partial charge in [-0.25, -0.2) is 10.2 Å². The van der Waals surface area contributed by atoms with Crippen molar-refractivity contribution in [2.24, 2.45) is 5.10 Å². The summed E-state index contributed by atoms with van der Waals surface area (Å²) >= 11 is 0. The van der Waals surface area contributed by atoms with Crippen molar-refractivity contribution in [2.45, 2.75) is 0 Å². The molecule has 0 saturated carbocycles. The zero-order valence-corrected chi connectivity index (χ0v) is 18.5. The van der Waals surface area contributed by atoms with Gasteiger partial charge < -0.3 is 9.47 Å². The van der Waals surface area contributed by atoms with E-state index in [-0.39, 0.29) is 17.0 Å². The molecule has 0 unspecified atom stereocenters. The number of carbonyl (C=O) groups is 2. The molecule has 0 saturated heterocycles. The Morgan fingerprint density at radius 3 is 2.43 bits per heavy atom. The molecule has 0 fully saturated rings. The third-order valence-electron chi connectivity index (χ3n) is 5.12. The topological polar surface area (TPSA) is 120 Å². The number of nitro benzene ring substituents is 1. The van der Waals surface area contributed by atoms with Gasteiger partial charge in [-0.1, -0.05) is 36.4 Å². The zero-order chi connectivity index (χ0) is 24.8. The molecule has 174 valence electrons. The fraction of sp³-hybridized carbons (Fsp3) is 0.0385. The number of benzene rings is 4. The molecule has 9 heteroatoms. The Kier molecular flexibility index (Phi) is 6.78. The van der Waals surface area contributed by atoms with E-state index in [4.69, 9.17) is 9.47 Å². The number of ether oxygens (including phenoxy) is 2. The number of esters is 1. The lowest BCUT2D eigenvalue weighted by molar-refractivity contribution is -0.384. The van der Waals surface area contributed by atoms with E-state index in [1.165, 1.54) is 37.6 Å². The molecule has 4 aromatic rings. The summed E-state index contributed by atoms with van der Waals surface area (Å²) in [5.74, 6) is -0.498. The highest BCUT2D eigenvalue weighted by Gasteiger charge is 2.15. The Morgan fingerprint density at radius 1 is 0.943 bits per heavy atom. The van der Waals surface area contributed by atoms with E-state index >= 15 is 0 Å². The zero-order valence-electron chi connectivity index (χ0n) is 18.5. The number of nitrogens with one attached hydrogen (secondary N) is 1. The highest BCUT2D eigenvalue weighted by Crippen LogP contribution is 2.29. The predicted molar refractivity (Wildman–Crippen MR) is 130 cm³/mol. The van der Waals surface area contributed by atoms with Gasteiger partial charge in [0.15, 0.2) is 11.5 Å². The van der Waals surface area contributed by atoms with Crippen LogP contribution >= 0.6 is 0 Å². The first-order valence-corrected chi connectivity index (χ1v) is 10.4. The van der Waals surface area contributed by atoms with Crippen molar-refractivity contribution in [2.75, 3.05) is 7.11 Å². The summed E-state index contributed by atoms with van der Waals surface area (Å²) in [7, 11) is 1.45. The van der Waals surface area contributed by atoms with Crippen LogP contribution in [-0.2, 0) is 0 Å². The minimum atomic E-state index is -0.545. The van der Waals surface area contributed by atoms with E-state index in [0.29, 0.717) is 16.9 Å². The predicted octanol–water partition coefficient (Wildman–Crippen LogP) is 4.74. The normalized spacial score (nSPS) is 10.8. The fourth-order valence-electron chi connectivity index (χ4n) is 3.37. The first-order chi connectivity index (χ1) is 17.0. The Bertz CT molecular complexity index is 1440. The second kappa shape index (κ2) is 10.3. The van der Waals surface area contributed by atoms with Crippen LogP contribution in [0.3, 0.4) is 0 Å². The molecule has 0 aliphatic heterocycles. The molecule has 0 heterocycles. The van der Waals surface area contributed by atoms with E-state index in [1.54, 1.807) is 30.3 Å². The second-order valence-corrected chi connectivity index (χ2v) is 7.33. The summed E-state index contributed by atoms with van der Waals surface area (Å²) in [4.78, 5) is 35.2. The van der Waals surface area contributed by atoms with Gasteiger partial charge in [-0.3, -0.25) is 14.9 Å². The van der Waals surface area contributed by atoms with Gasteiger partial charge in [0.05, 0.1) is 23.8 Å². The molecule has 0 spiro atoms. The lowest BCUT2D eigenvalue weighted by Gasteiger charge is -2.11. The molecule has 4 rings (SSSR count). The number of amides is 1. The standard InChI is InChI=1S/C26H19N3O6/c1-34-24-15-17(16-27-28-25(30)19-10-12-20(13-11-19)29(32)33)9-14-23(24)35-26(31)22-8-4-6-18-5-2-3-7-21(18)22/h2-16H,1H3,(H,28,30)/b27-16-. The molecule has 35 heavy (non-hydrogen) atoms. The molecule has 4 aromatic carbocycles. The maximum Gasteiger partial charge on any atom is 0.344 e. The lowest BCUT2D eigenvalue weighted by Crippen LogP contribution is -2.17. The van der Waals surface area contributed by atoms with Crippen LogP contribution in [0.15, 0.2) is 90.0 Å². The van der Waals surface area contributed by atoms with Crippen LogP contribution in [0.1, 0.15) is 26.3 Å². The number of fused-ring (bicyclic) bond motifs is 1. The highest BCUT2D eigenvalue weighted by molar-refractivity contribution is 6.05. The number of nitro groups is 1. The molecule has 0 aromatic heterocycles. The maximum absolute atomic E-state index is 12.8. The van der Waals surface area contributed by atoms with Crippen LogP contribution in [-0.4, -0.2) is 30.1 Å². The average molecular weight is 469 g/mol. The van der Waals surface area contributed by atoms with Gasteiger partial charge in [0.2, 0.25) is 0 Å². The van der Waals surface area contributed by atoms with E-state index in [1.807, 2.05) is 30.3 Å². The summed E-state index contributed by atoms with van der Waals surface area (Å²) in [5.41, 5.74) is 3.48. The molecule has 9 nitrogen and oxygen atoms in total. The Hall–Kier alpha value is -5.05. The van der Waals surface area contributed by atoms with Crippen LogP contribution in [0.2, 0.25) is 0 Å². The number of non-ortho nitro benzene ring substituents is 1. The first kappa shape index (κ1) is 23.1. The van der Waals surface area contributed by atoms with Crippen molar-refractivity contribution in [1.29, 1.82) is 0 Å². The smallest absolute Gasteiger partial charge is 0.344 e. The Balaban J connectivity index is 1.45. The molecule has 1 N–H and O–H groups in total. The number of rotatable bonds is 7. The van der Waals surface area contributed by atoms with E-state index in [0.717, 1.165) is 10.8 Å². The Morgan fingerprint density at radius 2 is 1.69 bits per heavy atom. The van der Waals surface area contributed by atoms with Crippen molar-refractivity contribution in [3.05, 3.63) is 112 Å². The quantitative estimate of drug-likeness (QED) is 0.137. The van der Waals surface area contributed by atoms with Crippen LogP contribution in [0.25, 0.3) is 10.8 Å². The number of carbonyl (C=O) groups excluding carboxylic acids is 2. The number of nitrogens with zero attached hydrogens (tertiary/aromatic N) is 2. The largest absolute Gasteiger partial charge is 0.493 e. The summed E-state index contributed by atoms with van der Waals surface area (Å²) in [6.45, 7) is 0. The number of hydrogen-bond acceptors (Lipinski definition) is 7. The minimum Gasteiger partial charge on any atom is -0.493 e. The van der Waals surface area contributed by atoms with E-state index in [9.17, 15) is 19.7 Å². The third-order valence-corrected chi connectivity index (χ3v) is 5.12. The molecule has 0 bridgehead atoms.